The van der Waals surface area contributed by atoms with Gasteiger partial charge in [-0.3, -0.25) is 4.79 Å². The molecular weight excluding hydrogens is 376 g/mol. The number of rotatable bonds is 9. The van der Waals surface area contributed by atoms with Crippen LogP contribution in [-0.2, 0) is 17.9 Å². The molecule has 0 heterocycles. The van der Waals surface area contributed by atoms with Gasteiger partial charge in [0.1, 0.15) is 5.75 Å². The second-order valence-electron chi connectivity index (χ2n) is 7.41. The SMILES string of the molecule is CCNC(=NCc1cccc(NC(=O)C2CCC2)c1)NCc1ccccc1OCC. The summed E-state index contributed by atoms with van der Waals surface area (Å²) in [5.74, 6) is 1.94. The molecule has 1 saturated carbocycles. The summed E-state index contributed by atoms with van der Waals surface area (Å²) in [4.78, 5) is 16.9. The fraction of sp³-hybridized carbons (Fsp3) is 0.417. The first-order valence-corrected chi connectivity index (χ1v) is 10.8. The fourth-order valence-corrected chi connectivity index (χ4v) is 3.30. The lowest BCUT2D eigenvalue weighted by Crippen LogP contribution is -2.36. The van der Waals surface area contributed by atoms with E-state index in [1.807, 2.05) is 56.3 Å². The minimum atomic E-state index is 0.130. The molecule has 0 radical (unpaired) electrons. The van der Waals surface area contributed by atoms with Gasteiger partial charge in [0.05, 0.1) is 13.2 Å². The highest BCUT2D eigenvalue weighted by molar-refractivity contribution is 5.93. The number of anilines is 1. The lowest BCUT2D eigenvalue weighted by Gasteiger charge is -2.24. The van der Waals surface area contributed by atoms with Crippen molar-refractivity contribution in [2.45, 2.75) is 46.2 Å². The van der Waals surface area contributed by atoms with Crippen molar-refractivity contribution < 1.29 is 9.53 Å². The van der Waals surface area contributed by atoms with E-state index in [2.05, 4.69) is 22.0 Å². The molecule has 0 bridgehead atoms. The molecule has 30 heavy (non-hydrogen) atoms. The van der Waals surface area contributed by atoms with E-state index in [0.717, 1.165) is 54.3 Å². The number of nitrogens with zero attached hydrogens (tertiary/aromatic N) is 1. The van der Waals surface area contributed by atoms with Gasteiger partial charge in [-0.05, 0) is 50.5 Å². The van der Waals surface area contributed by atoms with E-state index >= 15 is 0 Å². The van der Waals surface area contributed by atoms with Gasteiger partial charge in [-0.15, -0.1) is 0 Å². The van der Waals surface area contributed by atoms with Gasteiger partial charge < -0.3 is 20.7 Å². The molecule has 3 rings (SSSR count). The first kappa shape index (κ1) is 21.7. The Bertz CT molecular complexity index is 862. The smallest absolute Gasteiger partial charge is 0.227 e. The number of carbonyl (C=O) groups is 1. The van der Waals surface area contributed by atoms with E-state index < -0.39 is 0 Å². The summed E-state index contributed by atoms with van der Waals surface area (Å²) in [6.07, 6.45) is 3.15. The molecule has 6 nitrogen and oxygen atoms in total. The van der Waals surface area contributed by atoms with E-state index in [0.29, 0.717) is 19.7 Å². The predicted molar refractivity (Wildman–Crippen MR) is 122 cm³/mol. The largest absolute Gasteiger partial charge is 0.494 e. The summed E-state index contributed by atoms with van der Waals surface area (Å²) in [5.41, 5.74) is 2.97. The Labute approximate surface area is 179 Å². The predicted octanol–water partition coefficient (Wildman–Crippen LogP) is 4.08. The molecule has 160 valence electrons. The number of nitrogens with one attached hydrogen (secondary N) is 3. The zero-order chi connectivity index (χ0) is 21.2. The molecule has 0 unspecified atom stereocenters. The summed E-state index contributed by atoms with van der Waals surface area (Å²) in [7, 11) is 0. The molecule has 1 aliphatic carbocycles. The van der Waals surface area contributed by atoms with Gasteiger partial charge in [-0.25, -0.2) is 4.99 Å². The van der Waals surface area contributed by atoms with Crippen LogP contribution < -0.4 is 20.7 Å². The van der Waals surface area contributed by atoms with Crippen LogP contribution in [-0.4, -0.2) is 25.0 Å². The molecular formula is C24H32N4O2. The van der Waals surface area contributed by atoms with E-state index in [1.165, 1.54) is 0 Å². The summed E-state index contributed by atoms with van der Waals surface area (Å²) in [6, 6.07) is 15.9. The molecule has 1 fully saturated rings. The Morgan fingerprint density at radius 1 is 1.10 bits per heavy atom. The van der Waals surface area contributed by atoms with Crippen molar-refractivity contribution in [2.24, 2.45) is 10.9 Å². The monoisotopic (exact) mass is 408 g/mol. The maximum Gasteiger partial charge on any atom is 0.227 e. The van der Waals surface area contributed by atoms with Crippen molar-refractivity contribution in [1.82, 2.24) is 10.6 Å². The number of aliphatic imine (C=N–C) groups is 1. The normalized spacial score (nSPS) is 14.0. The topological polar surface area (TPSA) is 74.8 Å². The second kappa shape index (κ2) is 11.2. The summed E-state index contributed by atoms with van der Waals surface area (Å²) in [5, 5.41) is 9.68. The van der Waals surface area contributed by atoms with Gasteiger partial charge >= 0.3 is 0 Å². The third kappa shape index (κ3) is 6.24. The fourth-order valence-electron chi connectivity index (χ4n) is 3.30. The Hall–Kier alpha value is -3.02. The van der Waals surface area contributed by atoms with Crippen LogP contribution in [0.15, 0.2) is 53.5 Å². The van der Waals surface area contributed by atoms with Crippen LogP contribution in [0.3, 0.4) is 0 Å². The zero-order valence-electron chi connectivity index (χ0n) is 17.9. The van der Waals surface area contributed by atoms with Crippen LogP contribution in [0.5, 0.6) is 5.75 Å². The highest BCUT2D eigenvalue weighted by Crippen LogP contribution is 2.27. The number of benzene rings is 2. The summed E-state index contributed by atoms with van der Waals surface area (Å²) >= 11 is 0. The molecule has 1 aliphatic rings. The number of hydrogen-bond acceptors (Lipinski definition) is 3. The van der Waals surface area contributed by atoms with Crippen LogP contribution in [0.25, 0.3) is 0 Å². The quantitative estimate of drug-likeness (QED) is 0.432. The van der Waals surface area contributed by atoms with Crippen molar-refractivity contribution in [3.63, 3.8) is 0 Å². The lowest BCUT2D eigenvalue weighted by atomic mass is 9.85. The minimum Gasteiger partial charge on any atom is -0.494 e. The molecule has 0 spiro atoms. The molecule has 1 amide bonds. The van der Waals surface area contributed by atoms with Crippen molar-refractivity contribution >= 4 is 17.6 Å². The average molecular weight is 409 g/mol. The number of guanidine groups is 1. The Morgan fingerprint density at radius 2 is 1.93 bits per heavy atom. The van der Waals surface area contributed by atoms with Crippen molar-refractivity contribution in [1.29, 1.82) is 0 Å². The lowest BCUT2D eigenvalue weighted by molar-refractivity contribution is -0.122. The van der Waals surface area contributed by atoms with Crippen molar-refractivity contribution in [3.8, 4) is 5.75 Å². The maximum atomic E-state index is 12.2. The molecule has 2 aromatic carbocycles. The third-order valence-corrected chi connectivity index (χ3v) is 5.15. The first-order chi connectivity index (χ1) is 14.7. The highest BCUT2D eigenvalue weighted by atomic mass is 16.5. The van der Waals surface area contributed by atoms with E-state index in [9.17, 15) is 4.79 Å². The van der Waals surface area contributed by atoms with E-state index in [1.54, 1.807) is 0 Å². The van der Waals surface area contributed by atoms with Crippen LogP contribution >= 0.6 is 0 Å². The van der Waals surface area contributed by atoms with Gasteiger partial charge in [0, 0.05) is 30.3 Å². The van der Waals surface area contributed by atoms with Crippen molar-refractivity contribution in [3.05, 3.63) is 59.7 Å². The van der Waals surface area contributed by atoms with Crippen molar-refractivity contribution in [2.75, 3.05) is 18.5 Å². The minimum absolute atomic E-state index is 0.130. The van der Waals surface area contributed by atoms with Crippen LogP contribution in [0.4, 0.5) is 5.69 Å². The van der Waals surface area contributed by atoms with Crippen LogP contribution in [0.2, 0.25) is 0 Å². The molecule has 3 N–H and O–H groups in total. The molecule has 2 aromatic rings. The summed E-state index contributed by atoms with van der Waals surface area (Å²) in [6.45, 7) is 6.59. The zero-order valence-corrected chi connectivity index (χ0v) is 17.9. The number of amides is 1. The molecule has 6 heteroatoms. The second-order valence-corrected chi connectivity index (χ2v) is 7.41. The molecule has 0 atom stereocenters. The van der Waals surface area contributed by atoms with E-state index in [4.69, 9.17) is 9.73 Å². The van der Waals surface area contributed by atoms with Gasteiger partial charge in [0.2, 0.25) is 5.91 Å². The number of para-hydroxylation sites is 1. The Balaban J connectivity index is 1.60. The number of ether oxygens (including phenoxy) is 1. The highest BCUT2D eigenvalue weighted by Gasteiger charge is 2.25. The van der Waals surface area contributed by atoms with Gasteiger partial charge in [0.15, 0.2) is 5.96 Å². The Kier molecular flexibility index (Phi) is 8.12. The van der Waals surface area contributed by atoms with E-state index in [-0.39, 0.29) is 11.8 Å². The van der Waals surface area contributed by atoms with Crippen LogP contribution in [0.1, 0.15) is 44.2 Å². The van der Waals surface area contributed by atoms with Gasteiger partial charge in [-0.2, -0.15) is 0 Å². The van der Waals surface area contributed by atoms with Crippen LogP contribution in [0, 0.1) is 5.92 Å². The number of hydrogen-bond donors (Lipinski definition) is 3. The van der Waals surface area contributed by atoms with Gasteiger partial charge in [0.25, 0.3) is 0 Å². The van der Waals surface area contributed by atoms with Gasteiger partial charge in [-0.1, -0.05) is 36.8 Å². The maximum absolute atomic E-state index is 12.2. The summed E-state index contributed by atoms with van der Waals surface area (Å²) < 4.78 is 5.70. The average Bonchev–Trinajstić information content (AvgIpc) is 2.70. The standard InChI is InChI=1S/C24H32N4O2/c1-3-25-24(27-17-20-10-5-6-14-22(20)30-4-2)26-16-18-9-7-13-21(15-18)28-23(29)19-11-8-12-19/h5-7,9-10,13-15,19H,3-4,8,11-12,16-17H2,1-2H3,(H,28,29)(H2,25,26,27). The third-order valence-electron chi connectivity index (χ3n) is 5.15. The molecule has 0 aliphatic heterocycles. The number of carbonyl (C=O) groups excluding carboxylic acids is 1. The molecule has 0 saturated heterocycles. The Morgan fingerprint density at radius 3 is 2.67 bits per heavy atom. The first-order valence-electron chi connectivity index (χ1n) is 10.8. The molecule has 0 aromatic heterocycles.